The van der Waals surface area contributed by atoms with Crippen molar-refractivity contribution < 1.29 is 14.3 Å². The van der Waals surface area contributed by atoms with E-state index in [1.165, 1.54) is 0 Å². The lowest BCUT2D eigenvalue weighted by atomic mass is 9.88. The Balaban J connectivity index is 1.43. The largest absolute Gasteiger partial charge is 0.490 e. The zero-order valence-electron chi connectivity index (χ0n) is 20.4. The molecule has 2 aliphatic rings. The summed E-state index contributed by atoms with van der Waals surface area (Å²) in [5.41, 5.74) is 1.11. The van der Waals surface area contributed by atoms with Crippen molar-refractivity contribution in [2.24, 2.45) is 11.8 Å². The van der Waals surface area contributed by atoms with E-state index >= 15 is 0 Å². The van der Waals surface area contributed by atoms with Crippen molar-refractivity contribution >= 4 is 11.8 Å². The van der Waals surface area contributed by atoms with Gasteiger partial charge < -0.3 is 19.4 Å². The van der Waals surface area contributed by atoms with E-state index in [2.05, 4.69) is 11.9 Å². The summed E-state index contributed by atoms with van der Waals surface area (Å²) in [7, 11) is 3.97. The van der Waals surface area contributed by atoms with Gasteiger partial charge in [0.2, 0.25) is 11.8 Å². The molecule has 0 N–H and O–H groups in total. The number of ether oxygens (including phenoxy) is 1. The normalized spacial score (nSPS) is 21.8. The number of rotatable bonds is 7. The van der Waals surface area contributed by atoms with E-state index in [4.69, 9.17) is 4.74 Å². The highest BCUT2D eigenvalue weighted by Gasteiger charge is 2.37. The number of likely N-dealkylation sites (tertiary alicyclic amines) is 2. The van der Waals surface area contributed by atoms with Crippen molar-refractivity contribution in [3.63, 3.8) is 0 Å². The zero-order chi connectivity index (χ0) is 23.9. The Labute approximate surface area is 203 Å². The molecule has 182 valence electrons. The molecule has 0 radical (unpaired) electrons. The first-order chi connectivity index (χ1) is 16.5. The van der Waals surface area contributed by atoms with Crippen LogP contribution < -0.4 is 4.74 Å². The molecule has 0 aromatic heterocycles. The maximum atomic E-state index is 13.3. The van der Waals surface area contributed by atoms with E-state index in [1.54, 1.807) is 4.90 Å². The van der Waals surface area contributed by atoms with Crippen molar-refractivity contribution in [3.05, 3.63) is 66.2 Å². The summed E-state index contributed by atoms with van der Waals surface area (Å²) in [6.07, 6.45) is 2.86. The van der Waals surface area contributed by atoms with Gasteiger partial charge in [-0.05, 0) is 50.7 Å². The topological polar surface area (TPSA) is 53.1 Å². The zero-order valence-corrected chi connectivity index (χ0v) is 20.4. The molecular weight excluding hydrogens is 426 g/mol. The number of hydrogen-bond acceptors (Lipinski definition) is 4. The molecule has 2 saturated heterocycles. The first kappa shape index (κ1) is 24.3. The Morgan fingerprint density at radius 2 is 1.59 bits per heavy atom. The lowest BCUT2D eigenvalue weighted by Crippen LogP contribution is -2.51. The molecule has 6 heteroatoms. The molecule has 2 amide bonds. The van der Waals surface area contributed by atoms with Gasteiger partial charge in [-0.3, -0.25) is 9.59 Å². The number of para-hydroxylation sites is 1. The van der Waals surface area contributed by atoms with Crippen LogP contribution in [0.15, 0.2) is 60.7 Å². The third-order valence-electron chi connectivity index (χ3n) is 7.20. The molecule has 2 aliphatic heterocycles. The second kappa shape index (κ2) is 11.5. The molecule has 6 nitrogen and oxygen atoms in total. The first-order valence-electron chi connectivity index (χ1n) is 12.5. The molecular formula is C28H37N3O3. The molecule has 34 heavy (non-hydrogen) atoms. The standard InChI is InChI=1S/C28H37N3O3/c1-29-16-13-23(14-17-29)28(33)31-18-15-26(34-25-11-7-4-8-12-25)24(21-31)19-27(32)30(2)20-22-9-5-3-6-10-22/h3-12,23-24,26H,13-21H2,1-2H3/t24-,26-/m0/s1. The van der Waals surface area contributed by atoms with Gasteiger partial charge in [-0.15, -0.1) is 0 Å². The molecule has 0 bridgehead atoms. The lowest BCUT2D eigenvalue weighted by Gasteiger charge is -2.41. The van der Waals surface area contributed by atoms with E-state index in [-0.39, 0.29) is 29.8 Å². The highest BCUT2D eigenvalue weighted by Crippen LogP contribution is 2.29. The van der Waals surface area contributed by atoms with Crippen LogP contribution in [0.1, 0.15) is 31.2 Å². The Morgan fingerprint density at radius 3 is 2.26 bits per heavy atom. The van der Waals surface area contributed by atoms with Gasteiger partial charge in [0.05, 0.1) is 0 Å². The first-order valence-corrected chi connectivity index (χ1v) is 12.5. The fourth-order valence-electron chi connectivity index (χ4n) is 5.08. The summed E-state index contributed by atoms with van der Waals surface area (Å²) in [5.74, 6) is 1.22. The summed E-state index contributed by atoms with van der Waals surface area (Å²) in [5, 5.41) is 0. The van der Waals surface area contributed by atoms with Gasteiger partial charge in [0.1, 0.15) is 11.9 Å². The predicted octanol–water partition coefficient (Wildman–Crippen LogP) is 3.67. The molecule has 2 heterocycles. The molecule has 2 aromatic rings. The molecule has 2 atom stereocenters. The molecule has 0 spiro atoms. The average Bonchev–Trinajstić information content (AvgIpc) is 2.86. The van der Waals surface area contributed by atoms with E-state index in [1.807, 2.05) is 72.6 Å². The Morgan fingerprint density at radius 1 is 0.941 bits per heavy atom. The van der Waals surface area contributed by atoms with Crippen LogP contribution in [0.2, 0.25) is 0 Å². The maximum absolute atomic E-state index is 13.3. The highest BCUT2D eigenvalue weighted by atomic mass is 16.5. The molecule has 2 fully saturated rings. The van der Waals surface area contributed by atoms with Crippen molar-refractivity contribution in [2.45, 2.75) is 38.3 Å². The minimum absolute atomic E-state index is 0.0325. The quantitative estimate of drug-likeness (QED) is 0.629. The number of carbonyl (C=O) groups excluding carboxylic acids is 2. The fraction of sp³-hybridized carbons (Fsp3) is 0.500. The van der Waals surface area contributed by atoms with E-state index < -0.39 is 0 Å². The second-order valence-electron chi connectivity index (χ2n) is 9.82. The molecule has 2 aromatic carbocycles. The van der Waals surface area contributed by atoms with Gasteiger partial charge in [-0.25, -0.2) is 0 Å². The van der Waals surface area contributed by atoms with Gasteiger partial charge in [-0.2, -0.15) is 0 Å². The number of benzene rings is 2. The van der Waals surface area contributed by atoms with Crippen LogP contribution in [-0.2, 0) is 16.1 Å². The van der Waals surface area contributed by atoms with Crippen molar-refractivity contribution in [1.82, 2.24) is 14.7 Å². The summed E-state index contributed by atoms with van der Waals surface area (Å²) in [6.45, 7) is 3.78. The lowest BCUT2D eigenvalue weighted by molar-refractivity contribution is -0.143. The average molecular weight is 464 g/mol. The van der Waals surface area contributed by atoms with E-state index in [9.17, 15) is 9.59 Å². The third-order valence-corrected chi connectivity index (χ3v) is 7.20. The third kappa shape index (κ3) is 6.38. The summed E-state index contributed by atoms with van der Waals surface area (Å²) in [4.78, 5) is 32.6. The van der Waals surface area contributed by atoms with Gasteiger partial charge in [0.25, 0.3) is 0 Å². The van der Waals surface area contributed by atoms with Gasteiger partial charge >= 0.3 is 0 Å². The van der Waals surface area contributed by atoms with Crippen LogP contribution in [0.4, 0.5) is 0 Å². The molecule has 4 rings (SSSR count). The Bertz CT molecular complexity index is 928. The summed E-state index contributed by atoms with van der Waals surface area (Å²) < 4.78 is 6.34. The van der Waals surface area contributed by atoms with Crippen LogP contribution in [-0.4, -0.2) is 72.9 Å². The van der Waals surface area contributed by atoms with Gasteiger partial charge in [0, 0.05) is 51.4 Å². The number of amides is 2. The fourth-order valence-corrected chi connectivity index (χ4v) is 5.08. The minimum atomic E-state index is -0.0852. The van der Waals surface area contributed by atoms with E-state index in [0.717, 1.165) is 43.7 Å². The van der Waals surface area contributed by atoms with Gasteiger partial charge in [0.15, 0.2) is 0 Å². The van der Waals surface area contributed by atoms with Crippen molar-refractivity contribution in [3.8, 4) is 5.75 Å². The highest BCUT2D eigenvalue weighted by molar-refractivity contribution is 5.79. The predicted molar refractivity (Wildman–Crippen MR) is 133 cm³/mol. The molecule has 0 unspecified atom stereocenters. The van der Waals surface area contributed by atoms with Crippen LogP contribution >= 0.6 is 0 Å². The maximum Gasteiger partial charge on any atom is 0.225 e. The number of piperidine rings is 2. The van der Waals surface area contributed by atoms with Gasteiger partial charge in [-0.1, -0.05) is 48.5 Å². The SMILES string of the molecule is CN1CCC(C(=O)N2CC[C@H](Oc3ccccc3)[C@@H](CC(=O)N(C)Cc3ccccc3)C2)CC1. The Hall–Kier alpha value is -2.86. The molecule has 0 saturated carbocycles. The summed E-state index contributed by atoms with van der Waals surface area (Å²) >= 11 is 0. The number of carbonyl (C=O) groups is 2. The Kier molecular flexibility index (Phi) is 8.22. The van der Waals surface area contributed by atoms with Crippen LogP contribution in [0.3, 0.4) is 0 Å². The second-order valence-corrected chi connectivity index (χ2v) is 9.82. The van der Waals surface area contributed by atoms with Crippen LogP contribution in [0.25, 0.3) is 0 Å². The van der Waals surface area contributed by atoms with Crippen molar-refractivity contribution in [1.29, 1.82) is 0 Å². The monoisotopic (exact) mass is 463 g/mol. The van der Waals surface area contributed by atoms with Crippen LogP contribution in [0, 0.1) is 11.8 Å². The molecule has 0 aliphatic carbocycles. The minimum Gasteiger partial charge on any atom is -0.490 e. The van der Waals surface area contributed by atoms with E-state index in [0.29, 0.717) is 26.1 Å². The van der Waals surface area contributed by atoms with Crippen molar-refractivity contribution in [2.75, 3.05) is 40.3 Å². The summed E-state index contributed by atoms with van der Waals surface area (Å²) in [6, 6.07) is 19.8. The smallest absolute Gasteiger partial charge is 0.225 e. The number of hydrogen-bond donors (Lipinski definition) is 0. The van der Waals surface area contributed by atoms with Crippen LogP contribution in [0.5, 0.6) is 5.75 Å². The number of nitrogens with zero attached hydrogens (tertiary/aromatic N) is 3.